The third-order valence-electron chi connectivity index (χ3n) is 2.97. The third-order valence-corrected chi connectivity index (χ3v) is 8.33. The fourth-order valence-corrected chi connectivity index (χ4v) is 6.12. The average molecular weight is 483 g/mol. The minimum Gasteiger partial charge on any atom is -0.306 e. The van der Waals surface area contributed by atoms with E-state index in [4.69, 9.17) is 12.3 Å². The first kappa shape index (κ1) is 22.4. The Bertz CT molecular complexity index is 677. The molecule has 0 heterocycles. The van der Waals surface area contributed by atoms with Crippen LogP contribution in [0.15, 0.2) is 106 Å². The van der Waals surface area contributed by atoms with Gasteiger partial charge in [0.15, 0.2) is 0 Å². The van der Waals surface area contributed by atoms with Crippen molar-refractivity contribution in [3.8, 4) is 0 Å². The second kappa shape index (κ2) is 13.8. The zero-order valence-electron chi connectivity index (χ0n) is 14.4. The molecule has 3 aromatic rings. The highest BCUT2D eigenvalue weighted by atomic mass is 33.1. The maximum Gasteiger partial charge on any atom is 0.676 e. The van der Waals surface area contributed by atoms with Gasteiger partial charge in [-0.1, -0.05) is 54.6 Å². The van der Waals surface area contributed by atoms with E-state index in [-0.39, 0.29) is 0 Å². The first-order chi connectivity index (χ1) is 13.9. The molecule has 3 rings (SSSR count). The van der Waals surface area contributed by atoms with Crippen molar-refractivity contribution < 1.29 is 12.3 Å². The maximum atomic E-state index is 5.69. The molecule has 0 fully saturated rings. The van der Waals surface area contributed by atoms with Crippen molar-refractivity contribution in [1.29, 1.82) is 0 Å². The summed E-state index contributed by atoms with van der Waals surface area (Å²) in [7, 11) is 3.72. The van der Waals surface area contributed by atoms with Gasteiger partial charge >= 0.3 is 7.32 Å². The Morgan fingerprint density at radius 3 is 1.00 bits per heavy atom. The molecule has 0 atom stereocenters. The Labute approximate surface area is 189 Å². The summed E-state index contributed by atoms with van der Waals surface area (Å²) in [5, 5.41) is 0. The van der Waals surface area contributed by atoms with Gasteiger partial charge in [-0.25, -0.2) is 0 Å². The molecule has 3 aromatic carbocycles. The van der Waals surface area contributed by atoms with Gasteiger partial charge in [0.25, 0.3) is 0 Å². The largest absolute Gasteiger partial charge is 0.676 e. The molecule has 0 aliphatic carbocycles. The molecular weight excluding hydrogens is 467 g/mol. The van der Waals surface area contributed by atoms with E-state index in [2.05, 4.69) is 0 Å². The van der Waals surface area contributed by atoms with Crippen LogP contribution < -0.4 is 0 Å². The summed E-state index contributed by atoms with van der Waals surface area (Å²) >= 11 is 3.69. The first-order valence-corrected chi connectivity index (χ1v) is 14.3. The van der Waals surface area contributed by atoms with Crippen LogP contribution >= 0.6 is 65.6 Å². The van der Waals surface area contributed by atoms with Crippen molar-refractivity contribution >= 4 is 72.9 Å². The molecule has 0 amide bonds. The van der Waals surface area contributed by atoms with E-state index < -0.39 is 7.32 Å². The lowest BCUT2D eigenvalue weighted by molar-refractivity contribution is 0.386. The molecule has 0 N–H and O–H groups in total. The molecule has 10 heteroatoms. The van der Waals surface area contributed by atoms with Crippen LogP contribution in [0.3, 0.4) is 0 Å². The van der Waals surface area contributed by atoms with Crippen molar-refractivity contribution in [3.05, 3.63) is 91.0 Å². The van der Waals surface area contributed by atoms with Gasteiger partial charge in [-0.2, -0.15) is 0 Å². The average Bonchev–Trinajstić information content (AvgIpc) is 2.76. The first-order valence-electron chi connectivity index (χ1n) is 8.05. The van der Waals surface area contributed by atoms with Crippen LogP contribution in [0.1, 0.15) is 0 Å². The van der Waals surface area contributed by atoms with E-state index in [0.717, 1.165) is 14.7 Å². The van der Waals surface area contributed by atoms with Gasteiger partial charge in [0.05, 0.1) is 33.2 Å². The van der Waals surface area contributed by atoms with Gasteiger partial charge in [0, 0.05) is 14.7 Å². The molecule has 28 heavy (non-hydrogen) atoms. The lowest BCUT2D eigenvalue weighted by Crippen LogP contribution is -2.17. The Balaban J connectivity index is 1.44. The molecule has 0 aliphatic rings. The second-order valence-corrected chi connectivity index (χ2v) is 10.6. The monoisotopic (exact) mass is 482 g/mol. The van der Waals surface area contributed by atoms with Gasteiger partial charge in [-0.3, -0.25) is 0 Å². The standard InChI is InChI=1S/C18H15BO3S6/c1-4-10-16(11-5-1)23-26-20-19(21-27-24-17-12-6-2-7-13-17)22-28-25-18-14-8-3-9-15-18/h1-15H. The summed E-state index contributed by atoms with van der Waals surface area (Å²) in [5.41, 5.74) is 0. The van der Waals surface area contributed by atoms with Crippen molar-refractivity contribution in [2.45, 2.75) is 14.7 Å². The number of hydrogen-bond donors (Lipinski definition) is 0. The third kappa shape index (κ3) is 9.02. The molecule has 0 saturated heterocycles. The maximum absolute atomic E-state index is 5.69. The quantitative estimate of drug-likeness (QED) is 0.144. The highest BCUT2D eigenvalue weighted by Crippen LogP contribution is 2.38. The smallest absolute Gasteiger partial charge is 0.306 e. The van der Waals surface area contributed by atoms with Crippen LogP contribution in [0.2, 0.25) is 0 Å². The summed E-state index contributed by atoms with van der Waals surface area (Å²) in [6.45, 7) is 0. The number of hydrogen-bond acceptors (Lipinski definition) is 9. The van der Waals surface area contributed by atoms with Gasteiger partial charge in [-0.05, 0) is 68.8 Å². The normalized spacial score (nSPS) is 10.7. The number of benzene rings is 3. The SMILES string of the molecule is c1ccc(SSOB(OSSc2ccccc2)OSSc2ccccc2)cc1. The summed E-state index contributed by atoms with van der Waals surface area (Å²) in [6, 6.07) is 30.1. The molecule has 0 aromatic heterocycles. The van der Waals surface area contributed by atoms with Crippen LogP contribution in [0, 0.1) is 0 Å². The van der Waals surface area contributed by atoms with E-state index >= 15 is 0 Å². The summed E-state index contributed by atoms with van der Waals surface area (Å²) < 4.78 is 17.1. The van der Waals surface area contributed by atoms with Gasteiger partial charge in [0.1, 0.15) is 0 Å². The van der Waals surface area contributed by atoms with E-state index in [1.54, 1.807) is 0 Å². The highest BCUT2D eigenvalue weighted by Gasteiger charge is 2.25. The molecule has 0 saturated carbocycles. The lowest BCUT2D eigenvalue weighted by Gasteiger charge is -2.10. The molecule has 0 spiro atoms. The summed E-state index contributed by atoms with van der Waals surface area (Å²) in [5.74, 6) is 0. The molecule has 3 nitrogen and oxygen atoms in total. The van der Waals surface area contributed by atoms with E-state index in [1.807, 2.05) is 91.0 Å². The van der Waals surface area contributed by atoms with Crippen LogP contribution in [-0.2, 0) is 12.3 Å². The van der Waals surface area contributed by atoms with Crippen molar-refractivity contribution in [2.24, 2.45) is 0 Å². The predicted molar refractivity (Wildman–Crippen MR) is 129 cm³/mol. The fraction of sp³-hybridized carbons (Fsp3) is 0. The van der Waals surface area contributed by atoms with Crippen LogP contribution in [0.25, 0.3) is 0 Å². The molecule has 0 unspecified atom stereocenters. The van der Waals surface area contributed by atoms with E-state index in [1.165, 1.54) is 65.6 Å². The van der Waals surface area contributed by atoms with Gasteiger partial charge in [0.2, 0.25) is 0 Å². The molecule has 144 valence electrons. The van der Waals surface area contributed by atoms with Gasteiger partial charge in [-0.15, -0.1) is 0 Å². The molecule has 0 bridgehead atoms. The zero-order valence-corrected chi connectivity index (χ0v) is 19.3. The highest BCUT2D eigenvalue weighted by molar-refractivity contribution is 8.76. The molecule has 0 aliphatic heterocycles. The van der Waals surface area contributed by atoms with Crippen molar-refractivity contribution in [3.63, 3.8) is 0 Å². The zero-order chi connectivity index (χ0) is 19.3. The summed E-state index contributed by atoms with van der Waals surface area (Å²) in [4.78, 5) is 3.30. The Morgan fingerprint density at radius 2 is 0.714 bits per heavy atom. The van der Waals surface area contributed by atoms with Crippen LogP contribution in [0.5, 0.6) is 0 Å². The topological polar surface area (TPSA) is 27.7 Å². The van der Waals surface area contributed by atoms with E-state index in [0.29, 0.717) is 0 Å². The minimum absolute atomic E-state index is 0.816. The Hall–Kier alpha value is -0.295. The Kier molecular flexibility index (Phi) is 11.1. The summed E-state index contributed by atoms with van der Waals surface area (Å²) in [6.07, 6.45) is 0. The van der Waals surface area contributed by atoms with Crippen LogP contribution in [0.4, 0.5) is 0 Å². The predicted octanol–water partition coefficient (Wildman–Crippen LogP) is 8.09. The van der Waals surface area contributed by atoms with Crippen LogP contribution in [-0.4, -0.2) is 7.32 Å². The minimum atomic E-state index is -0.816. The lowest BCUT2D eigenvalue weighted by atomic mass is 10.3. The van der Waals surface area contributed by atoms with Gasteiger partial charge < -0.3 is 12.3 Å². The Morgan fingerprint density at radius 1 is 0.429 bits per heavy atom. The van der Waals surface area contributed by atoms with Crippen molar-refractivity contribution in [1.82, 2.24) is 0 Å². The number of rotatable bonds is 12. The molecule has 0 radical (unpaired) electrons. The molecular formula is C18H15BO3S6. The van der Waals surface area contributed by atoms with Crippen molar-refractivity contribution in [2.75, 3.05) is 0 Å². The van der Waals surface area contributed by atoms with E-state index in [9.17, 15) is 0 Å². The second-order valence-electron chi connectivity index (χ2n) is 4.97. The fourth-order valence-electron chi connectivity index (χ4n) is 1.75.